The summed E-state index contributed by atoms with van der Waals surface area (Å²) in [4.78, 5) is 0. The summed E-state index contributed by atoms with van der Waals surface area (Å²) in [5, 5.41) is 20.9. The van der Waals surface area contributed by atoms with Gasteiger partial charge in [-0.2, -0.15) is 0 Å². The molecule has 2 fully saturated rings. The van der Waals surface area contributed by atoms with Crippen molar-refractivity contribution in [3.05, 3.63) is 11.6 Å². The van der Waals surface area contributed by atoms with Crippen molar-refractivity contribution >= 4 is 0 Å². The predicted molar refractivity (Wildman–Crippen MR) is 115 cm³/mol. The number of allylic oxidation sites excluding steroid dienone is 1. The minimum atomic E-state index is -0.277. The van der Waals surface area contributed by atoms with Gasteiger partial charge in [0.2, 0.25) is 0 Å². The van der Waals surface area contributed by atoms with Gasteiger partial charge < -0.3 is 14.9 Å². The summed E-state index contributed by atoms with van der Waals surface area (Å²) in [6.07, 6.45) is 12.4. The number of aliphatic hydroxyl groups is 2. The molecular weight excluding hydrogens is 348 g/mol. The highest BCUT2D eigenvalue weighted by Gasteiger charge is 2.55. The molecule has 2 aliphatic carbocycles. The van der Waals surface area contributed by atoms with Crippen molar-refractivity contribution in [3.63, 3.8) is 0 Å². The summed E-state index contributed by atoms with van der Waals surface area (Å²) in [5.41, 5.74) is 1.26. The Kier molecular flexibility index (Phi) is 6.99. The van der Waals surface area contributed by atoms with Crippen molar-refractivity contribution in [1.29, 1.82) is 0 Å². The molecule has 0 bridgehead atoms. The zero-order chi connectivity index (χ0) is 20.5. The summed E-state index contributed by atoms with van der Waals surface area (Å²) in [7, 11) is 0. The van der Waals surface area contributed by atoms with Crippen LogP contribution in [0.2, 0.25) is 0 Å². The lowest BCUT2D eigenvalue weighted by Crippen LogP contribution is -2.60. The highest BCUT2D eigenvalue weighted by molar-refractivity contribution is 5.15. The Labute approximate surface area is 172 Å². The van der Waals surface area contributed by atoms with Crippen molar-refractivity contribution in [3.8, 4) is 0 Å². The molecule has 3 rings (SSSR count). The van der Waals surface area contributed by atoms with Gasteiger partial charge in [-0.05, 0) is 74.7 Å². The molecule has 0 radical (unpaired) electrons. The molecule has 1 aliphatic heterocycles. The van der Waals surface area contributed by atoms with Gasteiger partial charge in [-0.1, -0.05) is 52.5 Å². The number of hydrogen-bond acceptors (Lipinski definition) is 3. The lowest BCUT2D eigenvalue weighted by atomic mass is 9.56. The first-order chi connectivity index (χ1) is 13.2. The van der Waals surface area contributed by atoms with Crippen LogP contribution >= 0.6 is 0 Å². The van der Waals surface area contributed by atoms with E-state index in [0.717, 1.165) is 31.3 Å². The van der Waals surface area contributed by atoms with E-state index in [-0.39, 0.29) is 35.7 Å². The molecule has 1 saturated carbocycles. The summed E-state index contributed by atoms with van der Waals surface area (Å²) in [6, 6.07) is 0. The second-order valence-corrected chi connectivity index (χ2v) is 11.1. The number of aliphatic hydroxyl groups excluding tert-OH is 2. The molecule has 28 heavy (non-hydrogen) atoms. The minimum Gasteiger partial charge on any atom is -0.393 e. The number of rotatable bonds is 7. The van der Waals surface area contributed by atoms with E-state index in [0.29, 0.717) is 17.8 Å². The van der Waals surface area contributed by atoms with E-state index in [1.54, 1.807) is 0 Å². The highest BCUT2D eigenvalue weighted by Crippen LogP contribution is 2.55. The van der Waals surface area contributed by atoms with E-state index < -0.39 is 0 Å². The largest absolute Gasteiger partial charge is 0.393 e. The van der Waals surface area contributed by atoms with E-state index >= 15 is 0 Å². The van der Waals surface area contributed by atoms with Crippen LogP contribution in [-0.4, -0.2) is 34.6 Å². The van der Waals surface area contributed by atoms with Gasteiger partial charge in [0, 0.05) is 5.92 Å². The fraction of sp³-hybridized carbons (Fsp3) is 0.920. The van der Waals surface area contributed by atoms with Crippen molar-refractivity contribution < 1.29 is 14.9 Å². The molecule has 4 unspecified atom stereocenters. The Balaban J connectivity index is 1.73. The molecule has 3 nitrogen and oxygen atoms in total. The van der Waals surface area contributed by atoms with Crippen molar-refractivity contribution in [2.45, 2.75) is 110 Å². The SMILES string of the molecule is CCCCCCC(C)(C)C1CC(O)C2C(C1)OC(C)(C)[C@H]1CC=C(CO)C[C@H]21. The number of hydrogen-bond donors (Lipinski definition) is 2. The highest BCUT2D eigenvalue weighted by atomic mass is 16.5. The molecule has 162 valence electrons. The third-order valence-electron chi connectivity index (χ3n) is 8.42. The molecule has 1 heterocycles. The van der Waals surface area contributed by atoms with Crippen molar-refractivity contribution in [2.75, 3.05) is 6.61 Å². The Morgan fingerprint density at radius 1 is 1.18 bits per heavy atom. The lowest BCUT2D eigenvalue weighted by molar-refractivity contribution is -0.238. The third kappa shape index (κ3) is 4.52. The van der Waals surface area contributed by atoms with Crippen LogP contribution in [0, 0.1) is 29.1 Å². The smallest absolute Gasteiger partial charge is 0.0664 e. The van der Waals surface area contributed by atoms with Crippen LogP contribution in [0.5, 0.6) is 0 Å². The lowest BCUT2D eigenvalue weighted by Gasteiger charge is -2.58. The average molecular weight is 393 g/mol. The van der Waals surface area contributed by atoms with Gasteiger partial charge in [-0.3, -0.25) is 0 Å². The van der Waals surface area contributed by atoms with Gasteiger partial charge in [0.25, 0.3) is 0 Å². The van der Waals surface area contributed by atoms with Gasteiger partial charge in [-0.25, -0.2) is 0 Å². The number of fused-ring (bicyclic) bond motifs is 3. The molecule has 0 spiro atoms. The molecule has 0 aromatic carbocycles. The van der Waals surface area contributed by atoms with E-state index in [1.807, 2.05) is 0 Å². The molecule has 3 aliphatic rings. The molecular formula is C25H44O3. The Hall–Kier alpha value is -0.380. The Morgan fingerprint density at radius 2 is 1.93 bits per heavy atom. The van der Waals surface area contributed by atoms with E-state index in [4.69, 9.17) is 4.74 Å². The van der Waals surface area contributed by atoms with Gasteiger partial charge in [0.05, 0.1) is 24.4 Å². The minimum absolute atomic E-state index is 0.151. The quantitative estimate of drug-likeness (QED) is 0.445. The molecule has 2 N–H and O–H groups in total. The summed E-state index contributed by atoms with van der Waals surface area (Å²) < 4.78 is 6.70. The van der Waals surface area contributed by atoms with E-state index in [2.05, 4.69) is 40.7 Å². The predicted octanol–water partition coefficient (Wildman–Crippen LogP) is 5.49. The Bertz CT molecular complexity index is 550. The Morgan fingerprint density at radius 3 is 2.61 bits per heavy atom. The van der Waals surface area contributed by atoms with Gasteiger partial charge in [0.1, 0.15) is 0 Å². The topological polar surface area (TPSA) is 49.7 Å². The van der Waals surface area contributed by atoms with Crippen molar-refractivity contribution in [1.82, 2.24) is 0 Å². The first-order valence-electron chi connectivity index (χ1n) is 11.8. The zero-order valence-corrected chi connectivity index (χ0v) is 18.9. The standard InChI is InChI=1S/C25H44O3/c1-6-7-8-9-12-24(2,3)18-14-21(27)23-19-13-17(16-26)10-11-20(19)25(4,5)28-22(23)15-18/h10,18-23,26-27H,6-9,11-16H2,1-5H3/t18?,19-,20-,21?,22?,23?/m0/s1. The fourth-order valence-corrected chi connectivity index (χ4v) is 6.57. The second kappa shape index (κ2) is 8.78. The van der Waals surface area contributed by atoms with Crippen LogP contribution in [0.3, 0.4) is 0 Å². The third-order valence-corrected chi connectivity index (χ3v) is 8.42. The maximum Gasteiger partial charge on any atom is 0.0664 e. The van der Waals surface area contributed by atoms with Gasteiger partial charge >= 0.3 is 0 Å². The summed E-state index contributed by atoms with van der Waals surface area (Å²) in [6.45, 7) is 11.7. The van der Waals surface area contributed by atoms with Gasteiger partial charge in [-0.15, -0.1) is 0 Å². The van der Waals surface area contributed by atoms with Crippen LogP contribution in [0.4, 0.5) is 0 Å². The van der Waals surface area contributed by atoms with Crippen LogP contribution in [-0.2, 0) is 4.74 Å². The first kappa shape index (κ1) is 22.3. The van der Waals surface area contributed by atoms with Crippen LogP contribution < -0.4 is 0 Å². The molecule has 0 amide bonds. The normalized spacial score (nSPS) is 37.8. The first-order valence-corrected chi connectivity index (χ1v) is 11.8. The van der Waals surface area contributed by atoms with Crippen LogP contribution in [0.25, 0.3) is 0 Å². The summed E-state index contributed by atoms with van der Waals surface area (Å²) >= 11 is 0. The molecule has 6 atom stereocenters. The molecule has 1 saturated heterocycles. The maximum absolute atomic E-state index is 11.3. The number of ether oxygens (including phenoxy) is 1. The van der Waals surface area contributed by atoms with E-state index in [1.165, 1.54) is 32.1 Å². The van der Waals surface area contributed by atoms with Gasteiger partial charge in [0.15, 0.2) is 0 Å². The maximum atomic E-state index is 11.3. The van der Waals surface area contributed by atoms with Crippen molar-refractivity contribution in [2.24, 2.45) is 29.1 Å². The van der Waals surface area contributed by atoms with Crippen LogP contribution in [0.15, 0.2) is 11.6 Å². The van der Waals surface area contributed by atoms with Crippen LogP contribution in [0.1, 0.15) is 92.4 Å². The molecule has 0 aromatic heterocycles. The second-order valence-electron chi connectivity index (χ2n) is 11.1. The zero-order valence-electron chi connectivity index (χ0n) is 18.9. The van der Waals surface area contributed by atoms with E-state index in [9.17, 15) is 10.2 Å². The fourth-order valence-electron chi connectivity index (χ4n) is 6.57. The monoisotopic (exact) mass is 392 g/mol. The average Bonchev–Trinajstić information content (AvgIpc) is 2.63. The number of unbranched alkanes of at least 4 members (excludes halogenated alkanes) is 3. The molecule has 3 heteroatoms. The molecule has 0 aromatic rings. The summed E-state index contributed by atoms with van der Waals surface area (Å²) in [5.74, 6) is 1.62.